The van der Waals surface area contributed by atoms with Gasteiger partial charge in [-0.15, -0.1) is 0 Å². The van der Waals surface area contributed by atoms with Gasteiger partial charge in [0, 0.05) is 7.05 Å². The smallest absolute Gasteiger partial charge is 0.329 e. The lowest BCUT2D eigenvalue weighted by Crippen LogP contribution is -2.41. The van der Waals surface area contributed by atoms with Gasteiger partial charge in [-0.1, -0.05) is 0 Å². The van der Waals surface area contributed by atoms with E-state index in [9.17, 15) is 4.79 Å². The van der Waals surface area contributed by atoms with E-state index in [2.05, 4.69) is 9.97 Å². The van der Waals surface area contributed by atoms with Crippen LogP contribution >= 0.6 is 0 Å². The van der Waals surface area contributed by atoms with Gasteiger partial charge in [-0.25, -0.2) is 14.8 Å². The van der Waals surface area contributed by atoms with Gasteiger partial charge in [0.2, 0.25) is 0 Å². The van der Waals surface area contributed by atoms with Gasteiger partial charge >= 0.3 is 5.97 Å². The van der Waals surface area contributed by atoms with Gasteiger partial charge in [0.1, 0.15) is 23.5 Å². The zero-order valence-corrected chi connectivity index (χ0v) is 11.8. The number of ether oxygens (including phenoxy) is 1. The van der Waals surface area contributed by atoms with Crippen LogP contribution in [0.3, 0.4) is 0 Å². The normalized spacial score (nSPS) is 12.4. The molecule has 6 heteroatoms. The second-order valence-electron chi connectivity index (χ2n) is 5.19. The molecule has 0 aromatic carbocycles. The molecule has 1 aromatic rings. The van der Waals surface area contributed by atoms with Crippen molar-refractivity contribution in [2.24, 2.45) is 0 Å². The molecule has 1 heterocycles. The molecule has 0 N–H and O–H groups in total. The molecule has 0 radical (unpaired) electrons. The zero-order chi connectivity index (χ0) is 14.6. The van der Waals surface area contributed by atoms with Crippen LogP contribution in [0.5, 0.6) is 0 Å². The molecule has 6 nitrogen and oxygen atoms in total. The van der Waals surface area contributed by atoms with Crippen LogP contribution in [-0.2, 0) is 9.53 Å². The molecule has 102 valence electrons. The number of anilines is 1. The van der Waals surface area contributed by atoms with Crippen molar-refractivity contribution in [3.8, 4) is 6.07 Å². The summed E-state index contributed by atoms with van der Waals surface area (Å²) in [5, 5.41) is 8.65. The highest BCUT2D eigenvalue weighted by Gasteiger charge is 2.25. The third kappa shape index (κ3) is 4.21. The number of rotatable bonds is 3. The highest BCUT2D eigenvalue weighted by Crippen LogP contribution is 2.14. The second kappa shape index (κ2) is 5.65. The van der Waals surface area contributed by atoms with Gasteiger partial charge < -0.3 is 9.64 Å². The number of nitriles is 1. The average Bonchev–Trinajstić information content (AvgIpc) is 2.35. The number of likely N-dealkylation sites (N-methyl/N-ethyl adjacent to an activating group) is 1. The lowest BCUT2D eigenvalue weighted by molar-refractivity contribution is -0.156. The predicted octanol–water partition coefficient (Wildman–Crippen LogP) is 1.51. The Balaban J connectivity index is 2.78. The summed E-state index contributed by atoms with van der Waals surface area (Å²) in [4.78, 5) is 21.6. The van der Waals surface area contributed by atoms with E-state index < -0.39 is 11.6 Å². The average molecular weight is 262 g/mol. The maximum absolute atomic E-state index is 11.9. The fourth-order valence-electron chi connectivity index (χ4n) is 1.30. The Morgan fingerprint density at radius 2 is 2.05 bits per heavy atom. The third-order valence-electron chi connectivity index (χ3n) is 2.44. The summed E-state index contributed by atoms with van der Waals surface area (Å²) in [6, 6.07) is 1.41. The molecule has 0 saturated heterocycles. The Morgan fingerprint density at radius 1 is 1.42 bits per heavy atom. The molecular formula is C13H18N4O2. The molecular weight excluding hydrogens is 244 g/mol. The van der Waals surface area contributed by atoms with Gasteiger partial charge in [0.15, 0.2) is 5.69 Å². The van der Waals surface area contributed by atoms with Crippen molar-refractivity contribution in [3.05, 3.63) is 18.1 Å². The van der Waals surface area contributed by atoms with Crippen molar-refractivity contribution in [2.75, 3.05) is 11.9 Å². The number of carbonyl (C=O) groups is 1. The number of esters is 1. The molecule has 1 atom stereocenters. The van der Waals surface area contributed by atoms with Crippen molar-refractivity contribution >= 4 is 11.8 Å². The fourth-order valence-corrected chi connectivity index (χ4v) is 1.30. The predicted molar refractivity (Wildman–Crippen MR) is 70.5 cm³/mol. The fraction of sp³-hybridized carbons (Fsp3) is 0.538. The molecule has 0 aliphatic carbocycles. The summed E-state index contributed by atoms with van der Waals surface area (Å²) in [5.74, 6) is 0.179. The maximum Gasteiger partial charge on any atom is 0.329 e. The quantitative estimate of drug-likeness (QED) is 0.768. The van der Waals surface area contributed by atoms with Crippen molar-refractivity contribution in [1.82, 2.24) is 9.97 Å². The third-order valence-corrected chi connectivity index (χ3v) is 2.44. The van der Waals surface area contributed by atoms with Gasteiger partial charge in [-0.05, 0) is 27.7 Å². The zero-order valence-electron chi connectivity index (χ0n) is 11.8. The summed E-state index contributed by atoms with van der Waals surface area (Å²) in [6.45, 7) is 7.19. The highest BCUT2D eigenvalue weighted by molar-refractivity contribution is 5.79. The standard InChI is InChI=1S/C13H18N4O2/c1-9(12(18)19-13(2,3)4)17(5)11-8-15-10(6-14)7-16-11/h7-9H,1-5H3. The van der Waals surface area contributed by atoms with Crippen molar-refractivity contribution in [2.45, 2.75) is 39.3 Å². The van der Waals surface area contributed by atoms with Crippen LogP contribution in [0.4, 0.5) is 5.82 Å². The van der Waals surface area contributed by atoms with Gasteiger partial charge in [0.25, 0.3) is 0 Å². The molecule has 0 saturated carbocycles. The van der Waals surface area contributed by atoms with E-state index in [1.165, 1.54) is 12.4 Å². The Morgan fingerprint density at radius 3 is 2.47 bits per heavy atom. The van der Waals surface area contributed by atoms with E-state index in [4.69, 9.17) is 10.00 Å². The highest BCUT2D eigenvalue weighted by atomic mass is 16.6. The largest absolute Gasteiger partial charge is 0.458 e. The van der Waals surface area contributed by atoms with Crippen LogP contribution < -0.4 is 4.90 Å². The van der Waals surface area contributed by atoms with Crippen LogP contribution in [0.15, 0.2) is 12.4 Å². The summed E-state index contributed by atoms with van der Waals surface area (Å²) in [5.41, 5.74) is -0.287. The topological polar surface area (TPSA) is 79.1 Å². The Bertz CT molecular complexity index is 485. The van der Waals surface area contributed by atoms with Crippen LogP contribution in [0.25, 0.3) is 0 Å². The van der Waals surface area contributed by atoms with E-state index in [0.717, 1.165) is 0 Å². The molecule has 1 aromatic heterocycles. The number of hydrogen-bond acceptors (Lipinski definition) is 6. The molecule has 1 rings (SSSR count). The molecule has 0 aliphatic rings. The number of nitrogens with zero attached hydrogens (tertiary/aromatic N) is 4. The monoisotopic (exact) mass is 262 g/mol. The molecule has 0 amide bonds. The van der Waals surface area contributed by atoms with E-state index in [-0.39, 0.29) is 11.7 Å². The number of carbonyl (C=O) groups excluding carboxylic acids is 1. The van der Waals surface area contributed by atoms with Crippen LogP contribution in [0.2, 0.25) is 0 Å². The lowest BCUT2D eigenvalue weighted by Gasteiger charge is -2.27. The number of hydrogen-bond donors (Lipinski definition) is 0. The summed E-state index contributed by atoms with van der Waals surface area (Å²) < 4.78 is 5.31. The summed E-state index contributed by atoms with van der Waals surface area (Å²) in [7, 11) is 1.73. The first-order chi connectivity index (χ1) is 8.74. The van der Waals surface area contributed by atoms with E-state index in [0.29, 0.717) is 5.82 Å². The van der Waals surface area contributed by atoms with Crippen molar-refractivity contribution in [1.29, 1.82) is 5.26 Å². The summed E-state index contributed by atoms with van der Waals surface area (Å²) >= 11 is 0. The molecule has 19 heavy (non-hydrogen) atoms. The first kappa shape index (κ1) is 14.9. The van der Waals surface area contributed by atoms with E-state index in [1.807, 2.05) is 26.8 Å². The molecule has 1 unspecified atom stereocenters. The van der Waals surface area contributed by atoms with Crippen LogP contribution in [0.1, 0.15) is 33.4 Å². The van der Waals surface area contributed by atoms with Crippen LogP contribution in [-0.4, -0.2) is 34.6 Å². The Labute approximate surface area is 113 Å². The maximum atomic E-state index is 11.9. The first-order valence-electron chi connectivity index (χ1n) is 5.92. The molecule has 0 fully saturated rings. The molecule has 0 spiro atoms. The first-order valence-corrected chi connectivity index (χ1v) is 5.92. The minimum absolute atomic E-state index is 0.238. The van der Waals surface area contributed by atoms with Gasteiger partial charge in [-0.3, -0.25) is 0 Å². The SMILES string of the molecule is CC(C(=O)OC(C)(C)C)N(C)c1cnc(C#N)cn1. The minimum Gasteiger partial charge on any atom is -0.458 e. The molecule has 0 aliphatic heterocycles. The van der Waals surface area contributed by atoms with Gasteiger partial charge in [-0.2, -0.15) is 5.26 Å². The van der Waals surface area contributed by atoms with Crippen molar-refractivity contribution in [3.63, 3.8) is 0 Å². The second-order valence-corrected chi connectivity index (χ2v) is 5.19. The molecule has 0 bridgehead atoms. The Kier molecular flexibility index (Phi) is 4.43. The minimum atomic E-state index is -0.525. The van der Waals surface area contributed by atoms with E-state index in [1.54, 1.807) is 18.9 Å². The van der Waals surface area contributed by atoms with Crippen LogP contribution in [0, 0.1) is 11.3 Å². The lowest BCUT2D eigenvalue weighted by atomic mass is 10.2. The number of aromatic nitrogens is 2. The Hall–Kier alpha value is -2.16. The van der Waals surface area contributed by atoms with Crippen molar-refractivity contribution < 1.29 is 9.53 Å². The van der Waals surface area contributed by atoms with Gasteiger partial charge in [0.05, 0.1) is 12.4 Å². The summed E-state index contributed by atoms with van der Waals surface area (Å²) in [6.07, 6.45) is 2.83. The van der Waals surface area contributed by atoms with E-state index >= 15 is 0 Å².